The van der Waals surface area contributed by atoms with E-state index in [-0.39, 0.29) is 6.09 Å². The maximum absolute atomic E-state index is 12.0. The fraction of sp³-hybridized carbons (Fsp3) is 0.500. The first-order valence-corrected chi connectivity index (χ1v) is 6.96. The van der Waals surface area contributed by atoms with Crippen molar-refractivity contribution in [3.63, 3.8) is 0 Å². The number of amides is 1. The monoisotopic (exact) mass is 274 g/mol. The van der Waals surface area contributed by atoms with Crippen molar-refractivity contribution in [1.29, 1.82) is 0 Å². The summed E-state index contributed by atoms with van der Waals surface area (Å²) in [5.74, 6) is 0. The Morgan fingerprint density at radius 1 is 1.35 bits per heavy atom. The zero-order valence-corrected chi connectivity index (χ0v) is 12.6. The summed E-state index contributed by atoms with van der Waals surface area (Å²) < 4.78 is 5.38. The number of nitrogens with zero attached hydrogens (tertiary/aromatic N) is 2. The quantitative estimate of drug-likeness (QED) is 0.788. The highest BCUT2D eigenvalue weighted by Gasteiger charge is 2.23. The van der Waals surface area contributed by atoms with Crippen molar-refractivity contribution >= 4 is 11.7 Å². The molecule has 2 rings (SSSR count). The van der Waals surface area contributed by atoms with Crippen molar-refractivity contribution in [2.45, 2.75) is 39.7 Å². The fourth-order valence-corrected chi connectivity index (χ4v) is 2.12. The third-order valence-corrected chi connectivity index (χ3v) is 3.08. The lowest BCUT2D eigenvalue weighted by Crippen LogP contribution is -2.39. The smallest absolute Gasteiger partial charge is 0.410 e. The minimum Gasteiger partial charge on any atom is -0.444 e. The molecule has 20 heavy (non-hydrogen) atoms. The van der Waals surface area contributed by atoms with Gasteiger partial charge in [0, 0.05) is 18.8 Å². The number of carbonyl (C=O) groups is 1. The SMILES string of the molecule is Cc1cccc(C2=CCN(C(=O)OC(C)(C)C)CC2)n1. The lowest BCUT2D eigenvalue weighted by molar-refractivity contribution is 0.0270. The van der Waals surface area contributed by atoms with Crippen LogP contribution in [0, 0.1) is 6.92 Å². The number of ether oxygens (including phenoxy) is 1. The van der Waals surface area contributed by atoms with Crippen molar-refractivity contribution in [1.82, 2.24) is 9.88 Å². The molecule has 0 saturated carbocycles. The summed E-state index contributed by atoms with van der Waals surface area (Å²) in [6.07, 6.45) is 2.63. The highest BCUT2D eigenvalue weighted by Crippen LogP contribution is 2.22. The van der Waals surface area contributed by atoms with E-state index in [0.717, 1.165) is 17.8 Å². The van der Waals surface area contributed by atoms with Crippen LogP contribution in [0.2, 0.25) is 0 Å². The van der Waals surface area contributed by atoms with Crippen LogP contribution in [0.1, 0.15) is 38.6 Å². The number of carbonyl (C=O) groups excluding carboxylic acids is 1. The van der Waals surface area contributed by atoms with Gasteiger partial charge in [0.05, 0.1) is 5.69 Å². The summed E-state index contributed by atoms with van der Waals surface area (Å²) in [6.45, 7) is 8.89. The van der Waals surface area contributed by atoms with E-state index >= 15 is 0 Å². The van der Waals surface area contributed by atoms with E-state index in [1.54, 1.807) is 4.90 Å². The molecule has 0 saturated heterocycles. The van der Waals surface area contributed by atoms with Gasteiger partial charge in [-0.1, -0.05) is 12.1 Å². The molecule has 0 unspecified atom stereocenters. The fourth-order valence-electron chi connectivity index (χ4n) is 2.12. The molecule has 0 atom stereocenters. The Kier molecular flexibility index (Phi) is 4.12. The second-order valence-corrected chi connectivity index (χ2v) is 6.07. The molecule has 0 spiro atoms. The minimum absolute atomic E-state index is 0.245. The molecule has 108 valence electrons. The normalized spacial score (nSPS) is 15.8. The molecule has 1 aromatic rings. The molecule has 0 bridgehead atoms. The van der Waals surface area contributed by atoms with Gasteiger partial charge in [-0.25, -0.2) is 4.79 Å². The van der Waals surface area contributed by atoms with Crippen LogP contribution in [0.15, 0.2) is 24.3 Å². The summed E-state index contributed by atoms with van der Waals surface area (Å²) >= 11 is 0. The molecule has 0 aromatic carbocycles. The zero-order chi connectivity index (χ0) is 14.8. The Bertz CT molecular complexity index is 530. The third kappa shape index (κ3) is 3.83. The predicted molar refractivity (Wildman–Crippen MR) is 79.4 cm³/mol. The summed E-state index contributed by atoms with van der Waals surface area (Å²) in [4.78, 5) is 18.2. The molecule has 1 aromatic heterocycles. The van der Waals surface area contributed by atoms with Crippen LogP contribution in [0.3, 0.4) is 0 Å². The Morgan fingerprint density at radius 3 is 2.65 bits per heavy atom. The Morgan fingerprint density at radius 2 is 2.10 bits per heavy atom. The topological polar surface area (TPSA) is 42.4 Å². The third-order valence-electron chi connectivity index (χ3n) is 3.08. The average molecular weight is 274 g/mol. The molecule has 0 aliphatic carbocycles. The molecular weight excluding hydrogens is 252 g/mol. The van der Waals surface area contributed by atoms with E-state index in [9.17, 15) is 4.79 Å². The molecule has 0 radical (unpaired) electrons. The highest BCUT2D eigenvalue weighted by molar-refractivity contribution is 5.71. The standard InChI is InChI=1S/C16H22N2O2/c1-12-6-5-7-14(17-12)13-8-10-18(11-9-13)15(19)20-16(2,3)4/h5-8H,9-11H2,1-4H3. The minimum atomic E-state index is -0.445. The number of pyridine rings is 1. The summed E-state index contributed by atoms with van der Waals surface area (Å²) in [5.41, 5.74) is 2.78. The van der Waals surface area contributed by atoms with E-state index in [0.29, 0.717) is 13.1 Å². The van der Waals surface area contributed by atoms with E-state index in [1.807, 2.05) is 45.9 Å². The van der Waals surface area contributed by atoms with Crippen LogP contribution in [0.25, 0.3) is 5.57 Å². The lowest BCUT2D eigenvalue weighted by atomic mass is 10.0. The van der Waals surface area contributed by atoms with Crippen LogP contribution in [-0.4, -0.2) is 34.7 Å². The first-order valence-electron chi connectivity index (χ1n) is 6.96. The van der Waals surface area contributed by atoms with E-state index in [1.165, 1.54) is 5.57 Å². The number of aromatic nitrogens is 1. The molecule has 4 heteroatoms. The summed E-state index contributed by atoms with van der Waals surface area (Å²) in [6, 6.07) is 6.01. The number of aryl methyl sites for hydroxylation is 1. The van der Waals surface area contributed by atoms with Gasteiger partial charge in [-0.3, -0.25) is 4.98 Å². The van der Waals surface area contributed by atoms with Crippen LogP contribution in [0.5, 0.6) is 0 Å². The van der Waals surface area contributed by atoms with Gasteiger partial charge in [0.1, 0.15) is 5.60 Å². The second kappa shape index (κ2) is 5.65. The second-order valence-electron chi connectivity index (χ2n) is 6.07. The van der Waals surface area contributed by atoms with Crippen molar-refractivity contribution < 1.29 is 9.53 Å². The number of rotatable bonds is 1. The summed E-state index contributed by atoms with van der Waals surface area (Å²) in [7, 11) is 0. The molecule has 4 nitrogen and oxygen atoms in total. The van der Waals surface area contributed by atoms with Crippen LogP contribution in [0.4, 0.5) is 4.79 Å². The Balaban J connectivity index is 2.02. The van der Waals surface area contributed by atoms with Crippen LogP contribution < -0.4 is 0 Å². The summed E-state index contributed by atoms with van der Waals surface area (Å²) in [5, 5.41) is 0. The number of hydrogen-bond donors (Lipinski definition) is 0. The average Bonchev–Trinajstić information content (AvgIpc) is 2.37. The van der Waals surface area contributed by atoms with Crippen LogP contribution >= 0.6 is 0 Å². The predicted octanol–water partition coefficient (Wildman–Crippen LogP) is 3.41. The van der Waals surface area contributed by atoms with Gasteiger partial charge in [0.25, 0.3) is 0 Å². The van der Waals surface area contributed by atoms with E-state index in [2.05, 4.69) is 11.1 Å². The maximum Gasteiger partial charge on any atom is 0.410 e. The number of hydrogen-bond acceptors (Lipinski definition) is 3. The van der Waals surface area contributed by atoms with Crippen molar-refractivity contribution in [2.24, 2.45) is 0 Å². The van der Waals surface area contributed by atoms with E-state index < -0.39 is 5.60 Å². The van der Waals surface area contributed by atoms with Gasteiger partial charge >= 0.3 is 6.09 Å². The molecule has 0 fully saturated rings. The van der Waals surface area contributed by atoms with Gasteiger partial charge in [-0.15, -0.1) is 0 Å². The highest BCUT2D eigenvalue weighted by atomic mass is 16.6. The van der Waals surface area contributed by atoms with Crippen molar-refractivity contribution in [3.05, 3.63) is 35.7 Å². The van der Waals surface area contributed by atoms with Crippen molar-refractivity contribution in [3.8, 4) is 0 Å². The molecule has 1 amide bonds. The van der Waals surface area contributed by atoms with Gasteiger partial charge in [0.15, 0.2) is 0 Å². The first-order chi connectivity index (χ1) is 9.35. The van der Waals surface area contributed by atoms with Gasteiger partial charge in [-0.05, 0) is 51.8 Å². The van der Waals surface area contributed by atoms with Gasteiger partial charge in [0.2, 0.25) is 0 Å². The largest absolute Gasteiger partial charge is 0.444 e. The Labute approximate surface area is 120 Å². The van der Waals surface area contributed by atoms with Crippen molar-refractivity contribution in [2.75, 3.05) is 13.1 Å². The van der Waals surface area contributed by atoms with E-state index in [4.69, 9.17) is 4.74 Å². The van der Waals surface area contributed by atoms with Crippen LogP contribution in [-0.2, 0) is 4.74 Å². The molecule has 0 N–H and O–H groups in total. The zero-order valence-electron chi connectivity index (χ0n) is 12.6. The Hall–Kier alpha value is -1.84. The molecule has 2 heterocycles. The molecule has 1 aliphatic rings. The maximum atomic E-state index is 12.0. The van der Waals surface area contributed by atoms with Gasteiger partial charge in [-0.2, -0.15) is 0 Å². The molecular formula is C16H22N2O2. The lowest BCUT2D eigenvalue weighted by Gasteiger charge is -2.29. The molecule has 1 aliphatic heterocycles. The first kappa shape index (κ1) is 14.6. The van der Waals surface area contributed by atoms with Gasteiger partial charge < -0.3 is 9.64 Å².